The zero-order chi connectivity index (χ0) is 19.9. The lowest BCUT2D eigenvalue weighted by Crippen LogP contribution is -2.43. The number of hydrogen-bond acceptors (Lipinski definition) is 5. The van der Waals surface area contributed by atoms with E-state index in [0.29, 0.717) is 0 Å². The maximum absolute atomic E-state index is 12.9. The second-order valence-electron chi connectivity index (χ2n) is 6.61. The van der Waals surface area contributed by atoms with Crippen molar-refractivity contribution in [2.45, 2.75) is 62.5 Å². The predicted molar refractivity (Wildman–Crippen MR) is 96.8 cm³/mol. The first kappa shape index (κ1) is 21.3. The number of carbonyl (C=O) groups is 2. The number of nitrogens with one attached hydrogen (secondary N) is 2. The summed E-state index contributed by atoms with van der Waals surface area (Å²) in [6.45, 7) is 0.819. The third-order valence-corrected chi connectivity index (χ3v) is 5.83. The molecule has 0 aromatic heterocycles. The minimum absolute atomic E-state index is 0.0816. The lowest BCUT2D eigenvalue weighted by atomic mass is 10.1. The summed E-state index contributed by atoms with van der Waals surface area (Å²) in [6.07, 6.45) is 5.23. The smallest absolute Gasteiger partial charge is 0.321 e. The van der Waals surface area contributed by atoms with Gasteiger partial charge in [0, 0.05) is 6.04 Å². The van der Waals surface area contributed by atoms with E-state index < -0.39 is 40.4 Å². The number of halogens is 1. The highest BCUT2D eigenvalue weighted by Crippen LogP contribution is 2.17. The van der Waals surface area contributed by atoms with Crippen molar-refractivity contribution in [3.8, 4) is 0 Å². The van der Waals surface area contributed by atoms with E-state index in [9.17, 15) is 22.4 Å². The molecule has 0 unspecified atom stereocenters. The molecule has 1 fully saturated rings. The number of hydrogen-bond donors (Lipinski definition) is 2. The van der Waals surface area contributed by atoms with Gasteiger partial charge in [0.2, 0.25) is 10.0 Å². The van der Waals surface area contributed by atoms with Crippen molar-refractivity contribution in [3.05, 3.63) is 30.1 Å². The maximum Gasteiger partial charge on any atom is 0.321 e. The Balaban J connectivity index is 1.80. The molecular formula is C18H25FN2O5S. The summed E-state index contributed by atoms with van der Waals surface area (Å²) in [5.74, 6) is -1.83. The van der Waals surface area contributed by atoms with E-state index in [2.05, 4.69) is 10.0 Å². The lowest BCUT2D eigenvalue weighted by molar-refractivity contribution is -0.153. The third kappa shape index (κ3) is 6.91. The first-order valence-electron chi connectivity index (χ1n) is 9.03. The van der Waals surface area contributed by atoms with Gasteiger partial charge in [-0.1, -0.05) is 25.7 Å². The molecule has 1 atom stereocenters. The molecule has 0 radical (unpaired) electrons. The van der Waals surface area contributed by atoms with E-state index in [4.69, 9.17) is 4.74 Å². The minimum Gasteiger partial charge on any atom is -0.452 e. The van der Waals surface area contributed by atoms with Crippen LogP contribution in [0.4, 0.5) is 4.39 Å². The molecule has 9 heteroatoms. The number of benzene rings is 1. The van der Waals surface area contributed by atoms with Gasteiger partial charge in [0.1, 0.15) is 12.4 Å². The molecule has 1 saturated carbocycles. The van der Waals surface area contributed by atoms with Gasteiger partial charge in [-0.3, -0.25) is 9.59 Å². The second-order valence-corrected chi connectivity index (χ2v) is 8.37. The van der Waals surface area contributed by atoms with Crippen LogP contribution in [0, 0.1) is 5.82 Å². The van der Waals surface area contributed by atoms with Crippen LogP contribution in [0.1, 0.15) is 45.4 Å². The van der Waals surface area contributed by atoms with E-state index in [0.717, 1.165) is 62.8 Å². The summed E-state index contributed by atoms with van der Waals surface area (Å²) in [6, 6.07) is 4.27. The Bertz CT molecular complexity index is 744. The summed E-state index contributed by atoms with van der Waals surface area (Å²) in [7, 11) is -3.97. The normalized spacial score (nSPS) is 17.0. The van der Waals surface area contributed by atoms with Gasteiger partial charge in [0.15, 0.2) is 6.10 Å². The molecule has 27 heavy (non-hydrogen) atoms. The monoisotopic (exact) mass is 400 g/mol. The number of ether oxygens (including phenoxy) is 1. The number of carbonyl (C=O) groups excluding carboxylic acids is 2. The Hall–Kier alpha value is -2.00. The fourth-order valence-corrected chi connectivity index (χ4v) is 3.85. The molecular weight excluding hydrogens is 375 g/mol. The molecule has 0 saturated heterocycles. The van der Waals surface area contributed by atoms with Gasteiger partial charge in [-0.2, -0.15) is 4.72 Å². The largest absolute Gasteiger partial charge is 0.452 e. The average Bonchev–Trinajstić information content (AvgIpc) is 2.89. The molecule has 2 N–H and O–H groups in total. The highest BCUT2D eigenvalue weighted by molar-refractivity contribution is 7.89. The Kier molecular flexibility index (Phi) is 7.73. The molecule has 0 aliphatic heterocycles. The highest BCUT2D eigenvalue weighted by atomic mass is 32.2. The molecule has 1 aromatic carbocycles. The van der Waals surface area contributed by atoms with Crippen LogP contribution in [-0.4, -0.2) is 39.0 Å². The van der Waals surface area contributed by atoms with Crippen molar-refractivity contribution in [1.82, 2.24) is 10.0 Å². The summed E-state index contributed by atoms with van der Waals surface area (Å²) < 4.78 is 44.0. The summed E-state index contributed by atoms with van der Waals surface area (Å²) in [5, 5.41) is 2.88. The molecule has 1 aromatic rings. The molecule has 0 spiro atoms. The van der Waals surface area contributed by atoms with E-state index in [1.54, 1.807) is 0 Å². The van der Waals surface area contributed by atoms with Crippen molar-refractivity contribution >= 4 is 21.9 Å². The van der Waals surface area contributed by atoms with Gasteiger partial charge >= 0.3 is 5.97 Å². The Labute approximate surface area is 158 Å². The van der Waals surface area contributed by atoms with Crippen LogP contribution in [0.15, 0.2) is 29.2 Å². The van der Waals surface area contributed by atoms with Crippen LogP contribution >= 0.6 is 0 Å². The summed E-state index contributed by atoms with van der Waals surface area (Å²) in [5.41, 5.74) is 0. The zero-order valence-electron chi connectivity index (χ0n) is 15.2. The lowest BCUT2D eigenvalue weighted by Gasteiger charge is -2.19. The number of amides is 1. The second kappa shape index (κ2) is 9.80. The molecule has 1 aliphatic carbocycles. The fraction of sp³-hybridized carbons (Fsp3) is 0.556. The topological polar surface area (TPSA) is 102 Å². The van der Waals surface area contributed by atoms with Crippen molar-refractivity contribution in [1.29, 1.82) is 0 Å². The molecule has 1 amide bonds. The minimum atomic E-state index is -3.97. The number of sulfonamides is 1. The molecule has 2 rings (SSSR count). The summed E-state index contributed by atoms with van der Waals surface area (Å²) >= 11 is 0. The van der Waals surface area contributed by atoms with Crippen LogP contribution < -0.4 is 10.0 Å². The van der Waals surface area contributed by atoms with Crippen molar-refractivity contribution in [2.24, 2.45) is 0 Å². The van der Waals surface area contributed by atoms with Gasteiger partial charge in [-0.25, -0.2) is 12.8 Å². The summed E-state index contributed by atoms with van der Waals surface area (Å²) in [4.78, 5) is 23.8. The molecule has 0 heterocycles. The predicted octanol–water partition coefficient (Wildman–Crippen LogP) is 1.87. The molecule has 150 valence electrons. The Morgan fingerprint density at radius 3 is 2.33 bits per heavy atom. The van der Waals surface area contributed by atoms with Gasteiger partial charge in [-0.05, 0) is 44.0 Å². The molecule has 1 aliphatic rings. The maximum atomic E-state index is 12.9. The van der Waals surface area contributed by atoms with E-state index in [1.807, 2.05) is 0 Å². The van der Waals surface area contributed by atoms with Crippen LogP contribution in [0.3, 0.4) is 0 Å². The Morgan fingerprint density at radius 2 is 1.74 bits per heavy atom. The van der Waals surface area contributed by atoms with Crippen molar-refractivity contribution < 1.29 is 27.1 Å². The quantitative estimate of drug-likeness (QED) is 0.537. The van der Waals surface area contributed by atoms with E-state index in [-0.39, 0.29) is 10.9 Å². The highest BCUT2D eigenvalue weighted by Gasteiger charge is 2.23. The number of esters is 1. The molecule has 7 nitrogen and oxygen atoms in total. The van der Waals surface area contributed by atoms with Gasteiger partial charge in [-0.15, -0.1) is 0 Å². The number of rotatable bonds is 7. The van der Waals surface area contributed by atoms with Crippen molar-refractivity contribution in [3.63, 3.8) is 0 Å². The standard InChI is InChI=1S/C18H25FN2O5S/c1-13(18(23)21-15-6-4-2-3-5-7-15)26-17(22)12-20-27(24,25)16-10-8-14(19)9-11-16/h8-11,13,15,20H,2-7,12H2,1H3,(H,21,23)/t13-/m1/s1. The van der Waals surface area contributed by atoms with E-state index >= 15 is 0 Å². The van der Waals surface area contributed by atoms with Crippen LogP contribution in [0.25, 0.3) is 0 Å². The van der Waals surface area contributed by atoms with Crippen LogP contribution in [-0.2, 0) is 24.3 Å². The Morgan fingerprint density at radius 1 is 1.15 bits per heavy atom. The molecule has 0 bridgehead atoms. The van der Waals surface area contributed by atoms with Gasteiger partial charge < -0.3 is 10.1 Å². The van der Waals surface area contributed by atoms with Crippen LogP contribution in [0.2, 0.25) is 0 Å². The average molecular weight is 400 g/mol. The van der Waals surface area contributed by atoms with E-state index in [1.165, 1.54) is 6.92 Å². The van der Waals surface area contributed by atoms with Gasteiger partial charge in [0.25, 0.3) is 5.91 Å². The van der Waals surface area contributed by atoms with Crippen LogP contribution in [0.5, 0.6) is 0 Å². The zero-order valence-corrected chi connectivity index (χ0v) is 16.1. The van der Waals surface area contributed by atoms with Crippen molar-refractivity contribution in [2.75, 3.05) is 6.54 Å². The van der Waals surface area contributed by atoms with Gasteiger partial charge in [0.05, 0.1) is 4.90 Å². The first-order chi connectivity index (χ1) is 12.8. The first-order valence-corrected chi connectivity index (χ1v) is 10.5. The SMILES string of the molecule is C[C@@H](OC(=O)CNS(=O)(=O)c1ccc(F)cc1)C(=O)NC1CCCCCC1. The third-order valence-electron chi connectivity index (χ3n) is 4.41. The fourth-order valence-electron chi connectivity index (χ4n) is 2.89.